The van der Waals surface area contributed by atoms with Crippen LogP contribution in [-0.4, -0.2) is 59.1 Å². The highest BCUT2D eigenvalue weighted by Gasteiger charge is 2.51. The van der Waals surface area contributed by atoms with Crippen molar-refractivity contribution in [3.05, 3.63) is 47.0 Å². The van der Waals surface area contributed by atoms with Gasteiger partial charge in [-0.3, -0.25) is 14.5 Å². The topological polar surface area (TPSA) is 96.0 Å². The number of thioether (sulfide) groups is 1. The molecule has 2 heterocycles. The van der Waals surface area contributed by atoms with Crippen LogP contribution in [0.4, 0.5) is 4.79 Å². The Hall–Kier alpha value is -2.81. The van der Waals surface area contributed by atoms with Gasteiger partial charge >= 0.3 is 12.0 Å². The average Bonchev–Trinajstić information content (AvgIpc) is 3.18. The van der Waals surface area contributed by atoms with Crippen molar-refractivity contribution in [2.24, 2.45) is 0 Å². The molecule has 1 N–H and O–H groups in total. The number of nitrogens with zero attached hydrogens (tertiary/aromatic N) is 2. The summed E-state index contributed by atoms with van der Waals surface area (Å²) in [5, 5.41) is 3.28. The number of amides is 4. The van der Waals surface area contributed by atoms with Gasteiger partial charge in [-0.25, -0.2) is 9.59 Å². The number of esters is 1. The molecular weight excluding hydrogens is 394 g/mol. The minimum Gasteiger partial charge on any atom is -0.463 e. The normalized spacial score (nSPS) is 23.1. The largest absolute Gasteiger partial charge is 0.463 e. The zero-order valence-corrected chi connectivity index (χ0v) is 17.2. The summed E-state index contributed by atoms with van der Waals surface area (Å²) in [5.74, 6) is -0.846. The lowest BCUT2D eigenvalue weighted by Gasteiger charge is -2.26. The van der Waals surface area contributed by atoms with Crippen LogP contribution in [0, 0.1) is 0 Å². The van der Waals surface area contributed by atoms with E-state index >= 15 is 0 Å². The van der Waals surface area contributed by atoms with E-state index in [4.69, 9.17) is 4.74 Å². The molecule has 1 aromatic carbocycles. The van der Waals surface area contributed by atoms with Crippen LogP contribution < -0.4 is 5.32 Å². The van der Waals surface area contributed by atoms with Crippen molar-refractivity contribution in [2.45, 2.75) is 25.8 Å². The van der Waals surface area contributed by atoms with E-state index in [-0.39, 0.29) is 37.3 Å². The molecule has 8 nitrogen and oxygen atoms in total. The number of hydrogen-bond acceptors (Lipinski definition) is 6. The molecule has 154 valence electrons. The second-order valence-electron chi connectivity index (χ2n) is 6.58. The molecule has 0 bridgehead atoms. The minimum atomic E-state index is -1.11. The van der Waals surface area contributed by atoms with Crippen LogP contribution in [0.3, 0.4) is 0 Å². The molecule has 0 unspecified atom stereocenters. The number of rotatable bonds is 7. The van der Waals surface area contributed by atoms with Gasteiger partial charge in [0.1, 0.15) is 5.54 Å². The van der Waals surface area contributed by atoms with Crippen LogP contribution in [0.15, 0.2) is 41.4 Å². The molecule has 2 aliphatic rings. The van der Waals surface area contributed by atoms with Crippen molar-refractivity contribution in [3.8, 4) is 0 Å². The van der Waals surface area contributed by atoms with Gasteiger partial charge in [-0.2, -0.15) is 0 Å². The molecule has 2 aliphatic heterocycles. The molecule has 0 radical (unpaired) electrons. The molecular formula is C20H23N3O5S. The second kappa shape index (κ2) is 8.69. The number of nitrogens with one attached hydrogen (secondary N) is 1. The highest BCUT2D eigenvalue weighted by molar-refractivity contribution is 8.04. The summed E-state index contributed by atoms with van der Waals surface area (Å²) in [6.07, 6.45) is 1.68. The van der Waals surface area contributed by atoms with E-state index in [2.05, 4.69) is 5.32 Å². The van der Waals surface area contributed by atoms with E-state index in [1.54, 1.807) is 6.92 Å². The lowest BCUT2D eigenvalue weighted by atomic mass is 9.87. The molecule has 0 aromatic heterocycles. The fourth-order valence-corrected chi connectivity index (χ4v) is 4.40. The molecule has 4 amide bonds. The third-order valence-electron chi connectivity index (χ3n) is 4.96. The monoisotopic (exact) mass is 417 g/mol. The highest BCUT2D eigenvalue weighted by Crippen LogP contribution is 2.33. The van der Waals surface area contributed by atoms with Gasteiger partial charge in [-0.15, -0.1) is 0 Å². The van der Waals surface area contributed by atoms with Gasteiger partial charge in [0.05, 0.1) is 23.5 Å². The van der Waals surface area contributed by atoms with Gasteiger partial charge in [0, 0.05) is 13.1 Å². The molecule has 0 saturated carbocycles. The zero-order chi connectivity index (χ0) is 21.0. The number of carbonyl (C=O) groups is 4. The van der Waals surface area contributed by atoms with Crippen LogP contribution in [0.5, 0.6) is 0 Å². The lowest BCUT2D eigenvalue weighted by Crippen LogP contribution is -2.44. The Labute approximate surface area is 173 Å². The van der Waals surface area contributed by atoms with E-state index in [1.807, 2.05) is 37.3 Å². The summed E-state index contributed by atoms with van der Waals surface area (Å²) in [4.78, 5) is 52.2. The summed E-state index contributed by atoms with van der Waals surface area (Å²) < 4.78 is 4.89. The second-order valence-corrected chi connectivity index (χ2v) is 7.58. The maximum Gasteiger partial charge on any atom is 0.333 e. The first-order valence-electron chi connectivity index (χ1n) is 9.44. The molecule has 9 heteroatoms. The Bertz CT molecular complexity index is 857. The minimum absolute atomic E-state index is 0.0334. The van der Waals surface area contributed by atoms with Crippen molar-refractivity contribution in [2.75, 3.05) is 25.4 Å². The molecule has 29 heavy (non-hydrogen) atoms. The maximum atomic E-state index is 13.1. The van der Waals surface area contributed by atoms with Crippen LogP contribution in [0.25, 0.3) is 0 Å². The van der Waals surface area contributed by atoms with E-state index in [0.717, 1.165) is 10.5 Å². The predicted octanol–water partition coefficient (Wildman–Crippen LogP) is 1.82. The van der Waals surface area contributed by atoms with E-state index in [0.29, 0.717) is 11.4 Å². The Morgan fingerprint density at radius 3 is 2.52 bits per heavy atom. The lowest BCUT2D eigenvalue weighted by molar-refractivity contribution is -0.137. The van der Waals surface area contributed by atoms with Crippen LogP contribution >= 0.6 is 11.8 Å². The quantitative estimate of drug-likeness (QED) is 0.413. The van der Waals surface area contributed by atoms with Crippen molar-refractivity contribution in [1.29, 1.82) is 0 Å². The number of benzene rings is 1. The fourth-order valence-electron chi connectivity index (χ4n) is 3.44. The Morgan fingerprint density at radius 2 is 1.86 bits per heavy atom. The van der Waals surface area contributed by atoms with Gasteiger partial charge in [-0.1, -0.05) is 49.0 Å². The van der Waals surface area contributed by atoms with Crippen molar-refractivity contribution >= 4 is 35.6 Å². The van der Waals surface area contributed by atoms with Gasteiger partial charge in [0.25, 0.3) is 5.91 Å². The van der Waals surface area contributed by atoms with Gasteiger partial charge < -0.3 is 15.0 Å². The highest BCUT2D eigenvalue weighted by atomic mass is 32.2. The van der Waals surface area contributed by atoms with Crippen LogP contribution in [0.2, 0.25) is 0 Å². The molecule has 0 aliphatic carbocycles. The van der Waals surface area contributed by atoms with E-state index in [1.165, 1.54) is 22.7 Å². The van der Waals surface area contributed by atoms with Gasteiger partial charge in [0.2, 0.25) is 5.91 Å². The first kappa shape index (κ1) is 20.9. The molecule has 2 saturated heterocycles. The standard InChI is InChI=1S/C20H23N3O5S/c1-3-20(14-8-6-5-7-9-14)18(26)23(19(27)21-20)11-10-22-15(24)13-29-16(22)12-17(25)28-4-2/h5-9,12H,3-4,10-11,13H2,1-2H3,(H,21,27)/b16-12-/t20-/m1/s1. The fraction of sp³-hybridized carbons (Fsp3) is 0.400. The first-order chi connectivity index (χ1) is 13.9. The number of carbonyl (C=O) groups excluding carboxylic acids is 4. The Balaban J connectivity index is 1.75. The summed E-state index contributed by atoms with van der Waals surface area (Å²) in [6.45, 7) is 3.93. The molecule has 0 spiro atoms. The maximum absolute atomic E-state index is 13.1. The number of hydrogen-bond donors (Lipinski definition) is 1. The Morgan fingerprint density at radius 1 is 1.17 bits per heavy atom. The third-order valence-corrected chi connectivity index (χ3v) is 5.98. The van der Waals surface area contributed by atoms with E-state index in [9.17, 15) is 19.2 Å². The molecule has 1 atom stereocenters. The number of urea groups is 1. The van der Waals surface area contributed by atoms with E-state index < -0.39 is 17.5 Å². The van der Waals surface area contributed by atoms with Crippen molar-refractivity contribution in [3.63, 3.8) is 0 Å². The zero-order valence-electron chi connectivity index (χ0n) is 16.3. The smallest absolute Gasteiger partial charge is 0.333 e. The SMILES string of the molecule is CCOC(=O)/C=C1\SCC(=O)N1CCN1C(=O)N[C@](CC)(c2ccccc2)C1=O. The summed E-state index contributed by atoms with van der Waals surface area (Å²) >= 11 is 1.23. The predicted molar refractivity (Wildman–Crippen MR) is 108 cm³/mol. The number of imide groups is 1. The molecule has 3 rings (SSSR count). The molecule has 2 fully saturated rings. The van der Waals surface area contributed by atoms with Crippen molar-refractivity contribution < 1.29 is 23.9 Å². The summed E-state index contributed by atoms with van der Waals surface area (Å²) in [6, 6.07) is 8.62. The van der Waals surface area contributed by atoms with Crippen molar-refractivity contribution in [1.82, 2.24) is 15.1 Å². The first-order valence-corrected chi connectivity index (χ1v) is 10.4. The average molecular weight is 417 g/mol. The summed E-state index contributed by atoms with van der Waals surface area (Å²) in [5.41, 5.74) is -0.384. The third kappa shape index (κ3) is 4.00. The van der Waals surface area contributed by atoms with Gasteiger partial charge in [-0.05, 0) is 18.9 Å². The Kier molecular flexibility index (Phi) is 6.26. The number of ether oxygens (including phenoxy) is 1. The van der Waals surface area contributed by atoms with Crippen LogP contribution in [-0.2, 0) is 24.7 Å². The molecule has 1 aromatic rings. The van der Waals surface area contributed by atoms with Crippen LogP contribution in [0.1, 0.15) is 25.8 Å². The van der Waals surface area contributed by atoms with Gasteiger partial charge in [0.15, 0.2) is 0 Å². The summed E-state index contributed by atoms with van der Waals surface area (Å²) in [7, 11) is 0.